The number of fused-ring (bicyclic) bond motifs is 1. The van der Waals surface area contributed by atoms with Crippen LogP contribution >= 0.6 is 11.6 Å². The largest absolute Gasteiger partial charge is 0.370 e. The molecule has 0 unspecified atom stereocenters. The highest BCUT2D eigenvalue weighted by Gasteiger charge is 2.16. The maximum atomic E-state index is 5.97. The summed E-state index contributed by atoms with van der Waals surface area (Å²) in [5.41, 5.74) is 2.41. The van der Waals surface area contributed by atoms with Crippen molar-refractivity contribution in [3.05, 3.63) is 16.5 Å². The zero-order valence-electron chi connectivity index (χ0n) is 11.2. The summed E-state index contributed by atoms with van der Waals surface area (Å²) in [6, 6.07) is 0. The minimum Gasteiger partial charge on any atom is -0.370 e. The molecule has 4 nitrogen and oxygen atoms in total. The molecule has 1 aromatic heterocycles. The molecule has 1 aliphatic rings. The number of hydrogen-bond acceptors (Lipinski definition) is 4. The fraction of sp³-hybridized carbons (Fsp3) is 0.692. The molecule has 5 heteroatoms. The zero-order valence-corrected chi connectivity index (χ0v) is 11.9. The van der Waals surface area contributed by atoms with Gasteiger partial charge in [0.25, 0.3) is 0 Å². The highest BCUT2D eigenvalue weighted by atomic mass is 35.5. The minimum atomic E-state index is 0.366. The van der Waals surface area contributed by atoms with E-state index in [0.717, 1.165) is 43.9 Å². The van der Waals surface area contributed by atoms with Crippen molar-refractivity contribution in [2.24, 2.45) is 0 Å². The number of aromatic nitrogens is 2. The van der Waals surface area contributed by atoms with Crippen molar-refractivity contribution in [2.75, 3.05) is 32.5 Å². The summed E-state index contributed by atoms with van der Waals surface area (Å²) in [6.07, 6.45) is 5.64. The predicted molar refractivity (Wildman–Crippen MR) is 75.3 cm³/mol. The Hall–Kier alpha value is -0.870. The lowest BCUT2D eigenvalue weighted by Gasteiger charge is -2.19. The van der Waals surface area contributed by atoms with E-state index >= 15 is 0 Å². The van der Waals surface area contributed by atoms with Crippen LogP contribution in [0.4, 0.5) is 5.82 Å². The Labute approximate surface area is 114 Å². The average molecular weight is 269 g/mol. The maximum Gasteiger partial charge on any atom is 0.224 e. The van der Waals surface area contributed by atoms with Gasteiger partial charge in [-0.15, -0.1) is 0 Å². The van der Waals surface area contributed by atoms with Crippen LogP contribution in [0.25, 0.3) is 0 Å². The Balaban J connectivity index is 2.00. The summed E-state index contributed by atoms with van der Waals surface area (Å²) in [5.74, 6) is 0.948. The molecule has 1 aliphatic carbocycles. The molecule has 2 rings (SSSR count). The lowest BCUT2D eigenvalue weighted by molar-refractivity contribution is 0.405. The van der Waals surface area contributed by atoms with Crippen molar-refractivity contribution >= 4 is 17.4 Å². The molecule has 0 aliphatic heterocycles. The minimum absolute atomic E-state index is 0.366. The summed E-state index contributed by atoms with van der Waals surface area (Å²) in [5, 5.41) is 3.77. The number of rotatable bonds is 5. The van der Waals surface area contributed by atoms with Gasteiger partial charge >= 0.3 is 0 Å². The molecule has 18 heavy (non-hydrogen) atoms. The molecule has 100 valence electrons. The first-order valence-electron chi connectivity index (χ1n) is 6.60. The third-order valence-corrected chi connectivity index (χ3v) is 3.40. The van der Waals surface area contributed by atoms with Crippen molar-refractivity contribution < 1.29 is 0 Å². The van der Waals surface area contributed by atoms with Gasteiger partial charge < -0.3 is 10.2 Å². The van der Waals surface area contributed by atoms with E-state index in [4.69, 9.17) is 11.6 Å². The van der Waals surface area contributed by atoms with Crippen molar-refractivity contribution in [3.8, 4) is 0 Å². The first kappa shape index (κ1) is 13.6. The normalized spacial score (nSPS) is 14.7. The Morgan fingerprint density at radius 3 is 2.78 bits per heavy atom. The Bertz CT molecular complexity index is 406. The zero-order chi connectivity index (χ0) is 13.0. The van der Waals surface area contributed by atoms with E-state index in [1.807, 2.05) is 0 Å². The molecule has 0 aromatic carbocycles. The lowest BCUT2D eigenvalue weighted by Crippen LogP contribution is -2.18. The molecular formula is C13H21ClN4. The van der Waals surface area contributed by atoms with Gasteiger partial charge in [-0.1, -0.05) is 0 Å². The van der Waals surface area contributed by atoms with Crippen LogP contribution in [0.2, 0.25) is 5.28 Å². The van der Waals surface area contributed by atoms with E-state index < -0.39 is 0 Å². The number of nitrogens with zero attached hydrogens (tertiary/aromatic N) is 3. The number of anilines is 1. The van der Waals surface area contributed by atoms with Gasteiger partial charge in [0.15, 0.2) is 0 Å². The van der Waals surface area contributed by atoms with Crippen LogP contribution in [-0.2, 0) is 12.8 Å². The van der Waals surface area contributed by atoms with Crippen LogP contribution < -0.4 is 5.32 Å². The quantitative estimate of drug-likeness (QED) is 0.658. The standard InChI is InChI=1S/C13H21ClN4/c1-18(2)9-5-8-15-12-10-6-3-4-7-11(10)16-13(14)17-12/h3-9H2,1-2H3,(H,15,16,17). The van der Waals surface area contributed by atoms with E-state index in [-0.39, 0.29) is 0 Å². The topological polar surface area (TPSA) is 41.0 Å². The van der Waals surface area contributed by atoms with Gasteiger partial charge in [0.1, 0.15) is 5.82 Å². The SMILES string of the molecule is CN(C)CCCNc1nc(Cl)nc2c1CCCC2. The molecule has 0 radical (unpaired) electrons. The van der Waals surface area contributed by atoms with Gasteiger partial charge in [0, 0.05) is 12.1 Å². The molecule has 0 saturated carbocycles. The van der Waals surface area contributed by atoms with E-state index in [0.29, 0.717) is 5.28 Å². The second-order valence-electron chi connectivity index (χ2n) is 5.06. The molecule has 1 aromatic rings. The van der Waals surface area contributed by atoms with Crippen LogP contribution in [0, 0.1) is 0 Å². The van der Waals surface area contributed by atoms with Crippen molar-refractivity contribution in [3.63, 3.8) is 0 Å². The number of halogens is 1. The van der Waals surface area contributed by atoms with Gasteiger partial charge in [-0.25, -0.2) is 9.97 Å². The first-order chi connectivity index (χ1) is 8.66. The number of aryl methyl sites for hydroxylation is 1. The van der Waals surface area contributed by atoms with E-state index in [1.54, 1.807) is 0 Å². The average Bonchev–Trinajstić information content (AvgIpc) is 2.34. The lowest BCUT2D eigenvalue weighted by atomic mass is 9.96. The fourth-order valence-electron chi connectivity index (χ4n) is 2.31. The Morgan fingerprint density at radius 1 is 1.22 bits per heavy atom. The van der Waals surface area contributed by atoms with Crippen LogP contribution in [0.1, 0.15) is 30.5 Å². The smallest absolute Gasteiger partial charge is 0.224 e. The van der Waals surface area contributed by atoms with Gasteiger partial charge in [0.05, 0.1) is 5.69 Å². The molecule has 1 heterocycles. The highest BCUT2D eigenvalue weighted by Crippen LogP contribution is 2.26. The maximum absolute atomic E-state index is 5.97. The second-order valence-corrected chi connectivity index (χ2v) is 5.40. The molecular weight excluding hydrogens is 248 g/mol. The highest BCUT2D eigenvalue weighted by molar-refractivity contribution is 6.28. The van der Waals surface area contributed by atoms with Crippen molar-refractivity contribution in [1.29, 1.82) is 0 Å². The molecule has 0 bridgehead atoms. The van der Waals surface area contributed by atoms with Gasteiger partial charge in [-0.3, -0.25) is 0 Å². The third kappa shape index (κ3) is 3.56. The summed E-state index contributed by atoms with van der Waals surface area (Å²) >= 11 is 5.97. The van der Waals surface area contributed by atoms with Gasteiger partial charge in [0.2, 0.25) is 5.28 Å². The predicted octanol–water partition coefficient (Wildman–Crippen LogP) is 2.37. The third-order valence-electron chi connectivity index (χ3n) is 3.23. The van der Waals surface area contributed by atoms with E-state index in [9.17, 15) is 0 Å². The van der Waals surface area contributed by atoms with Crippen LogP contribution in [0.15, 0.2) is 0 Å². The van der Waals surface area contributed by atoms with Crippen LogP contribution in [0.5, 0.6) is 0 Å². The molecule has 0 atom stereocenters. The summed E-state index contributed by atoms with van der Waals surface area (Å²) in [4.78, 5) is 10.9. The van der Waals surface area contributed by atoms with Crippen LogP contribution in [-0.4, -0.2) is 42.1 Å². The Kier molecular flexibility index (Phi) is 4.78. The summed E-state index contributed by atoms with van der Waals surface area (Å²) in [6.45, 7) is 2.01. The molecule has 1 N–H and O–H groups in total. The fourth-order valence-corrected chi connectivity index (χ4v) is 2.50. The summed E-state index contributed by atoms with van der Waals surface area (Å²) < 4.78 is 0. The van der Waals surface area contributed by atoms with Gasteiger partial charge in [-0.2, -0.15) is 0 Å². The Morgan fingerprint density at radius 2 is 2.00 bits per heavy atom. The molecule has 0 fully saturated rings. The molecule has 0 amide bonds. The van der Waals surface area contributed by atoms with Crippen molar-refractivity contribution in [1.82, 2.24) is 14.9 Å². The van der Waals surface area contributed by atoms with E-state index in [2.05, 4.69) is 34.3 Å². The van der Waals surface area contributed by atoms with Crippen molar-refractivity contribution in [2.45, 2.75) is 32.1 Å². The second kappa shape index (κ2) is 6.34. The number of nitrogens with one attached hydrogen (secondary N) is 1. The summed E-state index contributed by atoms with van der Waals surface area (Å²) in [7, 11) is 4.17. The first-order valence-corrected chi connectivity index (χ1v) is 6.98. The molecule has 0 saturated heterocycles. The van der Waals surface area contributed by atoms with Gasteiger partial charge in [-0.05, 0) is 64.3 Å². The monoisotopic (exact) mass is 268 g/mol. The number of hydrogen-bond donors (Lipinski definition) is 1. The van der Waals surface area contributed by atoms with Crippen LogP contribution in [0.3, 0.4) is 0 Å². The molecule has 0 spiro atoms. The van der Waals surface area contributed by atoms with E-state index in [1.165, 1.54) is 18.4 Å².